The Hall–Kier alpha value is -5.31. The van der Waals surface area contributed by atoms with E-state index in [0.717, 1.165) is 12.8 Å². The molecule has 250 valence electrons. The maximum Gasteiger partial charge on any atom is 0.272 e. The molecule has 2 aromatic heterocycles. The molecule has 2 aliphatic rings. The summed E-state index contributed by atoms with van der Waals surface area (Å²) in [6, 6.07) is 6.35. The van der Waals surface area contributed by atoms with Crippen LogP contribution in [0.25, 0.3) is 0 Å². The Balaban J connectivity index is 0.00000500. The van der Waals surface area contributed by atoms with Gasteiger partial charge < -0.3 is 45.2 Å². The molecule has 1 aromatic carbocycles. The van der Waals surface area contributed by atoms with Crippen LogP contribution in [0, 0.1) is 5.41 Å². The number of ether oxygens (including phenoxy) is 2. The van der Waals surface area contributed by atoms with Crippen LogP contribution in [0.15, 0.2) is 41.7 Å². The first-order valence-corrected chi connectivity index (χ1v) is 14.8. The number of benzene rings is 1. The first-order valence-electron chi connectivity index (χ1n) is 14.8. The highest BCUT2D eigenvalue weighted by Gasteiger charge is 2.32. The Labute approximate surface area is 277 Å². The number of aliphatic imine (C=N–C) groups is 1. The number of amidine groups is 1. The predicted octanol–water partition coefficient (Wildman–Crippen LogP) is 2.83. The van der Waals surface area contributed by atoms with E-state index in [1.54, 1.807) is 66.1 Å². The monoisotopic (exact) mass is 667 g/mol. The van der Waals surface area contributed by atoms with Gasteiger partial charge in [0.1, 0.15) is 11.4 Å². The van der Waals surface area contributed by atoms with Gasteiger partial charge in [0.05, 0.1) is 54.6 Å². The molecular weight excluding hydrogens is 630 g/mol. The number of nitrogens with one attached hydrogen (secondary N) is 4. The van der Waals surface area contributed by atoms with Crippen molar-refractivity contribution in [2.24, 2.45) is 24.8 Å². The number of hydrogen-bond donors (Lipinski definition) is 5. The van der Waals surface area contributed by atoms with E-state index < -0.39 is 5.91 Å². The van der Waals surface area contributed by atoms with Gasteiger partial charge >= 0.3 is 0 Å². The number of carbonyl (C=O) groups is 4. The van der Waals surface area contributed by atoms with E-state index in [1.807, 2.05) is 4.90 Å². The van der Waals surface area contributed by atoms with E-state index in [9.17, 15) is 19.2 Å². The quantitative estimate of drug-likeness (QED) is 0.144. The number of nitrogens with zero attached hydrogens (tertiary/aromatic N) is 4. The minimum absolute atomic E-state index is 0. The van der Waals surface area contributed by atoms with Crippen molar-refractivity contribution in [2.75, 3.05) is 37.4 Å². The van der Waals surface area contributed by atoms with Crippen molar-refractivity contribution in [3.05, 3.63) is 53.6 Å². The van der Waals surface area contributed by atoms with Crippen molar-refractivity contribution in [2.45, 2.75) is 31.7 Å². The lowest BCUT2D eigenvalue weighted by Gasteiger charge is -2.20. The van der Waals surface area contributed by atoms with Gasteiger partial charge in [-0.05, 0) is 31.0 Å². The van der Waals surface area contributed by atoms with Gasteiger partial charge in [0.25, 0.3) is 17.7 Å². The van der Waals surface area contributed by atoms with E-state index in [0.29, 0.717) is 46.4 Å². The maximum atomic E-state index is 13.1. The number of fused-ring (bicyclic) bond motifs is 2. The molecule has 0 unspecified atom stereocenters. The minimum atomic E-state index is -0.433. The van der Waals surface area contributed by atoms with Gasteiger partial charge in [-0.3, -0.25) is 29.6 Å². The van der Waals surface area contributed by atoms with Gasteiger partial charge in [0.15, 0.2) is 11.5 Å². The fourth-order valence-corrected chi connectivity index (χ4v) is 5.41. The van der Waals surface area contributed by atoms with E-state index in [4.69, 9.17) is 20.6 Å². The van der Waals surface area contributed by atoms with Gasteiger partial charge in [-0.2, -0.15) is 0 Å². The Kier molecular flexibility index (Phi) is 10.9. The van der Waals surface area contributed by atoms with Crippen LogP contribution in [0.3, 0.4) is 0 Å². The predicted molar refractivity (Wildman–Crippen MR) is 179 cm³/mol. The van der Waals surface area contributed by atoms with Crippen LogP contribution < -0.4 is 31.2 Å². The summed E-state index contributed by atoms with van der Waals surface area (Å²) >= 11 is 0. The SMILES string of the molecule is COc1cc2c(cc1OCCC(=O)Nc1cc(C(=O)Nc3cc(C(=O)NCCC(=N)N)n(C)c3)n(C)c1)N=C[C@@H]1CCCN1C2=O.Cl. The summed E-state index contributed by atoms with van der Waals surface area (Å²) in [6.07, 6.45) is 7.08. The van der Waals surface area contributed by atoms with E-state index in [1.165, 1.54) is 7.11 Å². The van der Waals surface area contributed by atoms with Gasteiger partial charge in [-0.25, -0.2) is 0 Å². The Morgan fingerprint density at radius 3 is 2.36 bits per heavy atom. The van der Waals surface area contributed by atoms with Crippen molar-refractivity contribution in [3.8, 4) is 11.5 Å². The number of hydrogen-bond acceptors (Lipinski definition) is 8. The lowest BCUT2D eigenvalue weighted by molar-refractivity contribution is -0.116. The lowest BCUT2D eigenvalue weighted by Crippen LogP contribution is -2.35. The normalized spacial score (nSPS) is 14.7. The zero-order valence-corrected chi connectivity index (χ0v) is 27.1. The van der Waals surface area contributed by atoms with Gasteiger partial charge in [-0.1, -0.05) is 0 Å². The second-order valence-electron chi connectivity index (χ2n) is 11.1. The molecule has 0 spiro atoms. The summed E-state index contributed by atoms with van der Waals surface area (Å²) in [6.45, 7) is 0.951. The molecule has 4 heterocycles. The molecule has 1 fully saturated rings. The smallest absolute Gasteiger partial charge is 0.272 e. The Morgan fingerprint density at radius 2 is 1.68 bits per heavy atom. The highest BCUT2D eigenvalue weighted by atomic mass is 35.5. The fourth-order valence-electron chi connectivity index (χ4n) is 5.41. The molecule has 5 rings (SSSR count). The van der Waals surface area contributed by atoms with Gasteiger partial charge in [0, 0.05) is 58.3 Å². The summed E-state index contributed by atoms with van der Waals surface area (Å²) in [5, 5.41) is 15.5. The number of methoxy groups -OCH3 is 1. The topological polar surface area (TPSA) is 198 Å². The molecule has 1 atom stereocenters. The molecule has 0 aliphatic carbocycles. The van der Waals surface area contributed by atoms with Crippen molar-refractivity contribution in [3.63, 3.8) is 0 Å². The van der Waals surface area contributed by atoms with Crippen molar-refractivity contribution < 1.29 is 28.7 Å². The molecular formula is C31H38ClN9O6. The summed E-state index contributed by atoms with van der Waals surface area (Å²) in [7, 11) is 4.84. The third-order valence-electron chi connectivity index (χ3n) is 7.74. The summed E-state index contributed by atoms with van der Waals surface area (Å²) in [5.41, 5.74) is 7.72. The van der Waals surface area contributed by atoms with Crippen LogP contribution in [-0.2, 0) is 18.9 Å². The second kappa shape index (κ2) is 14.9. The average molecular weight is 668 g/mol. The third-order valence-corrected chi connectivity index (χ3v) is 7.74. The van der Waals surface area contributed by atoms with Crippen LogP contribution in [-0.4, -0.2) is 82.6 Å². The van der Waals surface area contributed by atoms with Gasteiger partial charge in [0.2, 0.25) is 5.91 Å². The second-order valence-corrected chi connectivity index (χ2v) is 11.1. The zero-order chi connectivity index (χ0) is 33.0. The number of halogens is 1. The molecule has 4 amide bonds. The van der Waals surface area contributed by atoms with Crippen molar-refractivity contribution in [1.29, 1.82) is 5.41 Å². The molecule has 0 bridgehead atoms. The summed E-state index contributed by atoms with van der Waals surface area (Å²) < 4.78 is 14.5. The van der Waals surface area contributed by atoms with Crippen LogP contribution in [0.1, 0.15) is 57.0 Å². The molecule has 0 radical (unpaired) electrons. The molecule has 47 heavy (non-hydrogen) atoms. The minimum Gasteiger partial charge on any atom is -0.493 e. The summed E-state index contributed by atoms with van der Waals surface area (Å²) in [5.74, 6) is -0.491. The Bertz CT molecular complexity index is 1730. The fraction of sp³-hybridized carbons (Fsp3) is 0.355. The number of aryl methyl sites for hydroxylation is 2. The molecule has 0 saturated carbocycles. The third kappa shape index (κ3) is 7.92. The maximum absolute atomic E-state index is 13.1. The summed E-state index contributed by atoms with van der Waals surface area (Å²) in [4.78, 5) is 57.6. The highest BCUT2D eigenvalue weighted by molar-refractivity contribution is 6.06. The first-order chi connectivity index (χ1) is 22.0. The standard InChI is InChI=1S/C31H37N9O6.ClH/c1-38-17-19(12-23(38)29(42)34-8-6-27(32)33)37-30(43)24-11-18(16-39(24)2)36-28(41)7-10-46-26-14-22-21(13-25(26)45-3)31(44)40-9-4-5-20(40)15-35-22;/h11-17,20H,4-10H2,1-3H3,(H3,32,33)(H,34,42)(H,36,41)(H,37,43);1H/t20-;/m0./s1. The molecule has 16 heteroatoms. The van der Waals surface area contributed by atoms with Crippen LogP contribution in [0.5, 0.6) is 11.5 Å². The van der Waals surface area contributed by atoms with Crippen LogP contribution in [0.4, 0.5) is 17.1 Å². The van der Waals surface area contributed by atoms with E-state index in [2.05, 4.69) is 20.9 Å². The molecule has 15 nitrogen and oxygen atoms in total. The molecule has 3 aromatic rings. The first kappa shape index (κ1) is 34.6. The number of nitrogens with two attached hydrogens (primary N) is 1. The number of aromatic nitrogens is 2. The van der Waals surface area contributed by atoms with E-state index >= 15 is 0 Å². The number of amides is 4. The van der Waals surface area contributed by atoms with Crippen molar-refractivity contribution in [1.82, 2.24) is 19.4 Å². The van der Waals surface area contributed by atoms with Crippen LogP contribution >= 0.6 is 12.4 Å². The zero-order valence-electron chi connectivity index (χ0n) is 26.3. The lowest BCUT2D eigenvalue weighted by atomic mass is 10.1. The van der Waals surface area contributed by atoms with Crippen LogP contribution in [0.2, 0.25) is 0 Å². The molecule has 1 saturated heterocycles. The number of carbonyl (C=O) groups excluding carboxylic acids is 4. The number of anilines is 2. The van der Waals surface area contributed by atoms with Gasteiger partial charge in [-0.15, -0.1) is 12.4 Å². The molecule has 6 N–H and O–H groups in total. The average Bonchev–Trinajstić information content (AvgIpc) is 3.71. The largest absolute Gasteiger partial charge is 0.493 e. The number of rotatable bonds is 12. The molecule has 2 aliphatic heterocycles. The Morgan fingerprint density at radius 1 is 1.00 bits per heavy atom. The van der Waals surface area contributed by atoms with Crippen molar-refractivity contribution >= 4 is 65.1 Å². The van der Waals surface area contributed by atoms with E-state index in [-0.39, 0.29) is 73.7 Å². The highest BCUT2D eigenvalue weighted by Crippen LogP contribution is 2.38.